The van der Waals surface area contributed by atoms with Gasteiger partial charge in [0.25, 0.3) is 0 Å². The number of carboxylic acid groups (broad SMARTS) is 1. The maximum absolute atomic E-state index is 11.9. The Bertz CT molecular complexity index is 325. The first-order valence-electron chi connectivity index (χ1n) is 5.59. The van der Waals surface area contributed by atoms with Gasteiger partial charge in [-0.1, -0.05) is 0 Å². The number of hydrogen-bond acceptors (Lipinski definition) is 4. The van der Waals surface area contributed by atoms with Gasteiger partial charge in [-0.25, -0.2) is 9.59 Å². The van der Waals surface area contributed by atoms with E-state index in [1.807, 2.05) is 6.92 Å². The van der Waals surface area contributed by atoms with Crippen LogP contribution in [0.15, 0.2) is 0 Å². The summed E-state index contributed by atoms with van der Waals surface area (Å²) >= 11 is 1.46. The van der Waals surface area contributed by atoms with E-state index in [9.17, 15) is 9.59 Å². The lowest BCUT2D eigenvalue weighted by Gasteiger charge is -2.24. The molecule has 0 aromatic carbocycles. The van der Waals surface area contributed by atoms with Crippen molar-refractivity contribution in [3.8, 4) is 0 Å². The third kappa shape index (κ3) is 2.66. The monoisotopic (exact) mass is 260 g/mol. The number of amides is 2. The highest BCUT2D eigenvalue weighted by Gasteiger charge is 2.36. The van der Waals surface area contributed by atoms with Crippen LogP contribution in [-0.4, -0.2) is 58.4 Å². The first-order valence-corrected chi connectivity index (χ1v) is 6.74. The van der Waals surface area contributed by atoms with E-state index in [2.05, 4.69) is 5.32 Å². The number of carbonyl (C=O) groups is 2. The predicted molar refractivity (Wildman–Crippen MR) is 62.9 cm³/mol. The number of urea groups is 1. The summed E-state index contributed by atoms with van der Waals surface area (Å²) < 4.78 is 5.35. The van der Waals surface area contributed by atoms with Gasteiger partial charge >= 0.3 is 12.0 Å². The molecule has 2 saturated heterocycles. The van der Waals surface area contributed by atoms with Crippen molar-refractivity contribution in [2.75, 3.05) is 18.2 Å². The van der Waals surface area contributed by atoms with Gasteiger partial charge in [-0.3, -0.25) is 0 Å². The average molecular weight is 260 g/mol. The van der Waals surface area contributed by atoms with E-state index in [1.54, 1.807) is 0 Å². The minimum absolute atomic E-state index is 0.00233. The van der Waals surface area contributed by atoms with Crippen LogP contribution < -0.4 is 5.32 Å². The Morgan fingerprint density at radius 3 is 2.88 bits per heavy atom. The van der Waals surface area contributed by atoms with Crippen molar-refractivity contribution in [1.82, 2.24) is 10.2 Å². The first kappa shape index (κ1) is 12.5. The van der Waals surface area contributed by atoms with Crippen LogP contribution in [-0.2, 0) is 9.53 Å². The molecule has 0 aromatic heterocycles. The molecule has 3 unspecified atom stereocenters. The van der Waals surface area contributed by atoms with Crippen molar-refractivity contribution in [1.29, 1.82) is 0 Å². The van der Waals surface area contributed by atoms with Crippen molar-refractivity contribution in [2.24, 2.45) is 0 Å². The van der Waals surface area contributed by atoms with E-state index < -0.39 is 12.0 Å². The maximum atomic E-state index is 11.9. The third-order valence-electron chi connectivity index (χ3n) is 3.11. The minimum Gasteiger partial charge on any atom is -0.480 e. The predicted octanol–water partition coefficient (Wildman–Crippen LogP) is 0.333. The molecule has 2 N–H and O–H groups in total. The summed E-state index contributed by atoms with van der Waals surface area (Å²) in [5, 5.41) is 11.8. The highest BCUT2D eigenvalue weighted by Crippen LogP contribution is 2.22. The van der Waals surface area contributed by atoms with Gasteiger partial charge in [-0.15, -0.1) is 11.8 Å². The van der Waals surface area contributed by atoms with Crippen LogP contribution in [0.3, 0.4) is 0 Å². The number of rotatable bonds is 2. The smallest absolute Gasteiger partial charge is 0.327 e. The molecule has 2 aliphatic heterocycles. The summed E-state index contributed by atoms with van der Waals surface area (Å²) in [6.07, 6.45) is 0.781. The van der Waals surface area contributed by atoms with Gasteiger partial charge in [0.2, 0.25) is 0 Å². The largest absolute Gasteiger partial charge is 0.480 e. The molecule has 0 saturated carbocycles. The van der Waals surface area contributed by atoms with Crippen LogP contribution in [0.2, 0.25) is 0 Å². The number of carbonyl (C=O) groups excluding carboxylic acids is 1. The number of nitrogens with zero attached hydrogens (tertiary/aromatic N) is 1. The van der Waals surface area contributed by atoms with E-state index in [0.717, 1.165) is 6.42 Å². The molecule has 2 fully saturated rings. The van der Waals surface area contributed by atoms with Crippen LogP contribution in [0, 0.1) is 0 Å². The summed E-state index contributed by atoms with van der Waals surface area (Å²) in [6, 6.07) is -1.02. The first-order chi connectivity index (χ1) is 8.09. The van der Waals surface area contributed by atoms with E-state index in [-0.39, 0.29) is 18.2 Å². The molecule has 6 nitrogen and oxygen atoms in total. The second kappa shape index (κ2) is 5.14. The molecule has 3 atom stereocenters. The summed E-state index contributed by atoms with van der Waals surface area (Å²) in [4.78, 5) is 24.3. The molecule has 0 bridgehead atoms. The number of carboxylic acids is 1. The topological polar surface area (TPSA) is 78.9 Å². The zero-order valence-corrected chi connectivity index (χ0v) is 10.4. The standard InChI is InChI=1S/C10H16N2O4S/c1-6-7(2-3-16-6)11-10(15)12-5-17-4-8(12)9(13)14/h6-8H,2-5H2,1H3,(H,11,15)(H,13,14). The van der Waals surface area contributed by atoms with Gasteiger partial charge in [0.1, 0.15) is 6.04 Å². The maximum Gasteiger partial charge on any atom is 0.327 e. The lowest BCUT2D eigenvalue weighted by Crippen LogP contribution is -2.51. The number of aliphatic carboxylic acids is 1. The molecule has 7 heteroatoms. The fourth-order valence-corrected chi connectivity index (χ4v) is 3.16. The van der Waals surface area contributed by atoms with Crippen LogP contribution in [0.5, 0.6) is 0 Å². The van der Waals surface area contributed by atoms with Gasteiger partial charge in [-0.05, 0) is 13.3 Å². The van der Waals surface area contributed by atoms with Crippen molar-refractivity contribution in [3.05, 3.63) is 0 Å². The molecule has 2 heterocycles. The zero-order valence-electron chi connectivity index (χ0n) is 9.59. The fourth-order valence-electron chi connectivity index (χ4n) is 2.01. The molecule has 0 aromatic rings. The Kier molecular flexibility index (Phi) is 3.78. The van der Waals surface area contributed by atoms with Gasteiger partial charge in [0.05, 0.1) is 18.0 Å². The third-order valence-corrected chi connectivity index (χ3v) is 4.13. The average Bonchev–Trinajstić information content (AvgIpc) is 2.87. The molecule has 17 heavy (non-hydrogen) atoms. The molecule has 2 rings (SSSR count). The SMILES string of the molecule is CC1OCCC1NC(=O)N1CSCC1C(=O)O. The Labute approximate surface area is 104 Å². The van der Waals surface area contributed by atoms with E-state index in [1.165, 1.54) is 16.7 Å². The second-order valence-electron chi connectivity index (χ2n) is 4.24. The van der Waals surface area contributed by atoms with Gasteiger partial charge in [-0.2, -0.15) is 0 Å². The quantitative estimate of drug-likeness (QED) is 0.748. The molecule has 0 aliphatic carbocycles. The van der Waals surface area contributed by atoms with Gasteiger partial charge in [0, 0.05) is 12.4 Å². The number of thioether (sulfide) groups is 1. The summed E-state index contributed by atoms with van der Waals surface area (Å²) in [7, 11) is 0. The molecule has 2 aliphatic rings. The van der Waals surface area contributed by atoms with Crippen molar-refractivity contribution in [2.45, 2.75) is 31.5 Å². The van der Waals surface area contributed by atoms with E-state index in [4.69, 9.17) is 9.84 Å². The molecule has 2 amide bonds. The molecule has 0 spiro atoms. The van der Waals surface area contributed by atoms with Crippen LogP contribution in [0.1, 0.15) is 13.3 Å². The van der Waals surface area contributed by atoms with Crippen LogP contribution >= 0.6 is 11.8 Å². The van der Waals surface area contributed by atoms with Gasteiger partial charge < -0.3 is 20.1 Å². The lowest BCUT2D eigenvalue weighted by atomic mass is 10.1. The second-order valence-corrected chi connectivity index (χ2v) is 5.24. The Morgan fingerprint density at radius 1 is 1.53 bits per heavy atom. The molecule has 96 valence electrons. The van der Waals surface area contributed by atoms with Crippen molar-refractivity contribution in [3.63, 3.8) is 0 Å². The molecule has 0 radical (unpaired) electrons. The summed E-state index contributed by atoms with van der Waals surface area (Å²) in [6.45, 7) is 2.55. The Morgan fingerprint density at radius 2 is 2.29 bits per heavy atom. The van der Waals surface area contributed by atoms with Crippen LogP contribution in [0.4, 0.5) is 4.79 Å². The summed E-state index contributed by atoms with van der Waals surface area (Å²) in [5.74, 6) is -0.0506. The van der Waals surface area contributed by atoms with Crippen LogP contribution in [0.25, 0.3) is 0 Å². The Balaban J connectivity index is 1.93. The highest BCUT2D eigenvalue weighted by atomic mass is 32.2. The Hall–Kier alpha value is -0.950. The highest BCUT2D eigenvalue weighted by molar-refractivity contribution is 7.99. The van der Waals surface area contributed by atoms with Gasteiger partial charge in [0.15, 0.2) is 0 Å². The fraction of sp³-hybridized carbons (Fsp3) is 0.800. The normalized spacial score (nSPS) is 32.8. The van der Waals surface area contributed by atoms with E-state index in [0.29, 0.717) is 18.2 Å². The number of ether oxygens (including phenoxy) is 1. The van der Waals surface area contributed by atoms with Crippen molar-refractivity contribution < 1.29 is 19.4 Å². The molecular formula is C10H16N2O4S. The lowest BCUT2D eigenvalue weighted by molar-refractivity contribution is -0.140. The number of hydrogen-bond donors (Lipinski definition) is 2. The number of nitrogens with one attached hydrogen (secondary N) is 1. The zero-order chi connectivity index (χ0) is 12.4. The van der Waals surface area contributed by atoms with E-state index >= 15 is 0 Å². The molecular weight excluding hydrogens is 244 g/mol. The summed E-state index contributed by atoms with van der Waals surface area (Å²) in [5.41, 5.74) is 0. The minimum atomic E-state index is -0.944. The van der Waals surface area contributed by atoms with Crippen molar-refractivity contribution >= 4 is 23.8 Å².